The average Bonchev–Trinajstić information content (AvgIpc) is 2.49. The monoisotopic (exact) mass is 376 g/mol. The van der Waals surface area contributed by atoms with Gasteiger partial charge in [-0.15, -0.1) is 0 Å². The van der Waals surface area contributed by atoms with Crippen molar-refractivity contribution in [3.8, 4) is 0 Å². The molecule has 132 valence electrons. The van der Waals surface area contributed by atoms with E-state index in [0.29, 0.717) is 31.2 Å². The van der Waals surface area contributed by atoms with Crippen LogP contribution in [-0.2, 0) is 14.8 Å². The quantitative estimate of drug-likeness (QED) is 0.600. The van der Waals surface area contributed by atoms with Gasteiger partial charge in [0.25, 0.3) is 5.69 Å². The van der Waals surface area contributed by atoms with Crippen LogP contribution in [0.1, 0.15) is 31.2 Å². The molecule has 1 saturated carbocycles. The van der Waals surface area contributed by atoms with E-state index in [9.17, 15) is 23.3 Å². The Balaban J connectivity index is 2.23. The van der Waals surface area contributed by atoms with Crippen molar-refractivity contribution in [2.75, 3.05) is 0 Å². The first-order valence-electron chi connectivity index (χ1n) is 7.31. The van der Waals surface area contributed by atoms with Gasteiger partial charge in [-0.2, -0.15) is 0 Å². The predicted octanol–water partition coefficient (Wildman–Crippen LogP) is 2.48. The molecule has 0 bridgehead atoms. The highest BCUT2D eigenvalue weighted by Gasteiger charge is 2.31. The Morgan fingerprint density at radius 1 is 1.33 bits per heavy atom. The van der Waals surface area contributed by atoms with Crippen molar-refractivity contribution in [2.45, 2.75) is 43.5 Å². The van der Waals surface area contributed by atoms with Gasteiger partial charge < -0.3 is 5.11 Å². The normalized spacial score (nSPS) is 21.4. The van der Waals surface area contributed by atoms with Crippen molar-refractivity contribution in [1.29, 1.82) is 0 Å². The van der Waals surface area contributed by atoms with Crippen LogP contribution in [0.15, 0.2) is 17.0 Å². The Kier molecular flexibility index (Phi) is 5.46. The summed E-state index contributed by atoms with van der Waals surface area (Å²) < 4.78 is 27.5. The molecule has 10 heteroatoms. The minimum absolute atomic E-state index is 0.337. The van der Waals surface area contributed by atoms with Gasteiger partial charge in [-0.3, -0.25) is 14.9 Å². The van der Waals surface area contributed by atoms with Gasteiger partial charge in [0.15, 0.2) is 0 Å². The van der Waals surface area contributed by atoms with E-state index < -0.39 is 43.6 Å². The maximum absolute atomic E-state index is 12.5. The lowest BCUT2D eigenvalue weighted by Crippen LogP contribution is -2.38. The third kappa shape index (κ3) is 4.03. The van der Waals surface area contributed by atoms with Gasteiger partial charge in [-0.1, -0.05) is 11.6 Å². The van der Waals surface area contributed by atoms with Crippen molar-refractivity contribution < 1.29 is 23.2 Å². The molecule has 0 unspecified atom stereocenters. The molecular weight excluding hydrogens is 360 g/mol. The van der Waals surface area contributed by atoms with E-state index in [1.54, 1.807) is 6.92 Å². The molecule has 1 aromatic carbocycles. The largest absolute Gasteiger partial charge is 0.481 e. The number of nitrogens with zero attached hydrogens (tertiary/aromatic N) is 1. The zero-order chi connectivity index (χ0) is 18.1. The van der Waals surface area contributed by atoms with Crippen LogP contribution >= 0.6 is 11.6 Å². The Bertz CT molecular complexity index is 772. The number of nitrogens with one attached hydrogen (secondary N) is 1. The second-order valence-corrected chi connectivity index (χ2v) is 7.92. The molecule has 0 atom stereocenters. The molecule has 0 amide bonds. The van der Waals surface area contributed by atoms with Gasteiger partial charge in [0.2, 0.25) is 10.0 Å². The first kappa shape index (κ1) is 18.6. The van der Waals surface area contributed by atoms with Crippen molar-refractivity contribution in [3.63, 3.8) is 0 Å². The third-order valence-corrected chi connectivity index (χ3v) is 6.10. The SMILES string of the molecule is Cc1cc([N+](=O)[O-])c(Cl)c(S(=O)(=O)NC2CCC(C(=O)O)CC2)c1. The molecule has 0 heterocycles. The van der Waals surface area contributed by atoms with E-state index in [4.69, 9.17) is 16.7 Å². The fourth-order valence-electron chi connectivity index (χ4n) is 2.79. The third-order valence-electron chi connectivity index (χ3n) is 4.05. The van der Waals surface area contributed by atoms with Crippen LogP contribution in [0.4, 0.5) is 5.69 Å². The van der Waals surface area contributed by atoms with E-state index in [1.165, 1.54) is 12.1 Å². The first-order chi connectivity index (χ1) is 11.1. The Morgan fingerprint density at radius 2 is 1.92 bits per heavy atom. The molecule has 1 fully saturated rings. The van der Waals surface area contributed by atoms with Crippen molar-refractivity contribution >= 4 is 33.3 Å². The van der Waals surface area contributed by atoms with E-state index in [-0.39, 0.29) is 4.90 Å². The molecule has 2 N–H and O–H groups in total. The summed E-state index contributed by atoms with van der Waals surface area (Å²) in [7, 11) is -4.04. The molecule has 0 aliphatic heterocycles. The zero-order valence-electron chi connectivity index (χ0n) is 12.9. The van der Waals surface area contributed by atoms with Crippen LogP contribution < -0.4 is 4.72 Å². The van der Waals surface area contributed by atoms with Crippen LogP contribution in [0, 0.1) is 23.0 Å². The first-order valence-corrected chi connectivity index (χ1v) is 9.17. The smallest absolute Gasteiger partial charge is 0.306 e. The number of sulfonamides is 1. The van der Waals surface area contributed by atoms with Crippen molar-refractivity contribution in [1.82, 2.24) is 4.72 Å². The van der Waals surface area contributed by atoms with E-state index in [2.05, 4.69) is 4.72 Å². The lowest BCUT2D eigenvalue weighted by Gasteiger charge is -2.26. The fourth-order valence-corrected chi connectivity index (χ4v) is 4.75. The number of nitro groups is 1. The summed E-state index contributed by atoms with van der Waals surface area (Å²) in [6.45, 7) is 1.54. The lowest BCUT2D eigenvalue weighted by molar-refractivity contribution is -0.385. The number of aryl methyl sites for hydroxylation is 1. The minimum Gasteiger partial charge on any atom is -0.481 e. The van der Waals surface area contributed by atoms with Crippen LogP contribution in [0.5, 0.6) is 0 Å². The summed E-state index contributed by atoms with van der Waals surface area (Å²) >= 11 is 5.90. The molecule has 24 heavy (non-hydrogen) atoms. The number of benzene rings is 1. The molecule has 0 aromatic heterocycles. The second kappa shape index (κ2) is 7.04. The zero-order valence-corrected chi connectivity index (χ0v) is 14.4. The van der Waals surface area contributed by atoms with Crippen LogP contribution in [0.3, 0.4) is 0 Å². The number of nitro benzene ring substituents is 1. The number of carboxylic acid groups (broad SMARTS) is 1. The molecular formula is C14H17ClN2O6S. The number of carbonyl (C=O) groups is 1. The average molecular weight is 377 g/mol. The van der Waals surface area contributed by atoms with Gasteiger partial charge in [-0.05, 0) is 44.2 Å². The summed E-state index contributed by atoms with van der Waals surface area (Å²) in [5.41, 5.74) is -0.0623. The Labute approximate surface area is 144 Å². The summed E-state index contributed by atoms with van der Waals surface area (Å²) in [5.74, 6) is -1.34. The van der Waals surface area contributed by atoms with Gasteiger partial charge >= 0.3 is 5.97 Å². The molecule has 2 rings (SSSR count). The van der Waals surface area contributed by atoms with E-state index >= 15 is 0 Å². The number of aliphatic carboxylic acids is 1. The molecule has 1 aliphatic carbocycles. The van der Waals surface area contributed by atoms with Gasteiger partial charge in [0.05, 0.1) is 10.8 Å². The maximum atomic E-state index is 12.5. The summed E-state index contributed by atoms with van der Waals surface area (Å²) in [6.07, 6.45) is 1.54. The summed E-state index contributed by atoms with van der Waals surface area (Å²) in [6, 6.07) is 2.07. The number of halogens is 1. The number of hydrogen-bond acceptors (Lipinski definition) is 5. The van der Waals surface area contributed by atoms with Crippen LogP contribution in [0.2, 0.25) is 5.02 Å². The van der Waals surface area contributed by atoms with Gasteiger partial charge in [0.1, 0.15) is 9.92 Å². The molecule has 0 saturated heterocycles. The Hall–Kier alpha value is -1.71. The van der Waals surface area contributed by atoms with E-state index in [1.807, 2.05) is 0 Å². The topological polar surface area (TPSA) is 127 Å². The molecule has 0 spiro atoms. The number of hydrogen-bond donors (Lipinski definition) is 2. The fraction of sp³-hybridized carbons (Fsp3) is 0.500. The summed E-state index contributed by atoms with van der Waals surface area (Å²) in [5, 5.41) is 19.5. The van der Waals surface area contributed by atoms with Crippen LogP contribution in [0.25, 0.3) is 0 Å². The predicted molar refractivity (Wildman–Crippen MR) is 86.5 cm³/mol. The molecule has 8 nitrogen and oxygen atoms in total. The van der Waals surface area contributed by atoms with Crippen molar-refractivity contribution in [2.24, 2.45) is 5.92 Å². The van der Waals surface area contributed by atoms with Crippen LogP contribution in [-0.4, -0.2) is 30.5 Å². The maximum Gasteiger partial charge on any atom is 0.306 e. The van der Waals surface area contributed by atoms with Crippen molar-refractivity contribution in [3.05, 3.63) is 32.8 Å². The number of carboxylic acids is 1. The Morgan fingerprint density at radius 3 is 2.42 bits per heavy atom. The number of rotatable bonds is 5. The highest BCUT2D eigenvalue weighted by Crippen LogP contribution is 2.33. The molecule has 1 aliphatic rings. The summed E-state index contributed by atoms with van der Waals surface area (Å²) in [4.78, 5) is 20.9. The lowest BCUT2D eigenvalue weighted by atomic mass is 9.87. The van der Waals surface area contributed by atoms with Gasteiger partial charge in [-0.25, -0.2) is 13.1 Å². The highest BCUT2D eigenvalue weighted by molar-refractivity contribution is 7.89. The standard InChI is InChI=1S/C14H17ClN2O6S/c1-8-6-11(17(20)21)13(15)12(7-8)24(22,23)16-10-4-2-9(3-5-10)14(18)19/h6-7,9-10,16H,2-5H2,1H3,(H,18,19). The molecule has 0 radical (unpaired) electrons. The molecule has 1 aromatic rings. The minimum atomic E-state index is -4.04. The highest BCUT2D eigenvalue weighted by atomic mass is 35.5. The van der Waals surface area contributed by atoms with Gasteiger partial charge in [0, 0.05) is 12.1 Å². The van der Waals surface area contributed by atoms with E-state index in [0.717, 1.165) is 0 Å². The second-order valence-electron chi connectivity index (χ2n) is 5.86.